The largest absolute Gasteiger partial charge is 0.456 e. The smallest absolute Gasteiger partial charge is 0.135 e. The Balaban J connectivity index is 1.41. The number of para-hydroxylation sites is 1. The molecule has 0 aliphatic heterocycles. The van der Waals surface area contributed by atoms with Crippen LogP contribution in [0.25, 0.3) is 44.2 Å². The maximum Gasteiger partial charge on any atom is 0.135 e. The van der Waals surface area contributed by atoms with E-state index >= 15 is 0 Å². The van der Waals surface area contributed by atoms with Crippen LogP contribution in [0.15, 0.2) is 156 Å². The van der Waals surface area contributed by atoms with Gasteiger partial charge in [0.1, 0.15) is 11.2 Å². The molecule has 1 heterocycles. The summed E-state index contributed by atoms with van der Waals surface area (Å²) in [5, 5.41) is 2.39. The van der Waals surface area contributed by atoms with Crippen LogP contribution in [0.1, 0.15) is 50.1 Å². The number of rotatable bonds is 0. The molecule has 0 unspecified atom stereocenters. The number of furan rings is 1. The quantitative estimate of drug-likeness (QED) is 0.173. The van der Waals surface area contributed by atoms with Crippen LogP contribution in [0.2, 0.25) is 0 Å². The number of aryl methyl sites for hydroxylation is 1. The molecule has 0 saturated carbocycles. The number of hydrogen-bond acceptors (Lipinski definition) is 1. The summed E-state index contributed by atoms with van der Waals surface area (Å²) in [6.07, 6.45) is 0. The van der Waals surface area contributed by atoms with Gasteiger partial charge in [-0.2, -0.15) is 0 Å². The second-order valence-electron chi connectivity index (χ2n) is 13.1. The van der Waals surface area contributed by atoms with Gasteiger partial charge in [-0.25, -0.2) is 0 Å². The topological polar surface area (TPSA) is 13.1 Å². The van der Waals surface area contributed by atoms with Crippen LogP contribution in [0.3, 0.4) is 0 Å². The Hall–Kier alpha value is -5.66. The molecule has 0 bridgehead atoms. The normalized spacial score (nSPS) is 15.4. The molecule has 0 amide bonds. The standard InChI is InChI=1S/C45H28O/c1-27-13-12-23-38-41(27)31-25-26-40-42(30-16-4-11-24-39(30)46-40)43(31)45(38)36-21-9-7-19-34(36)44(35-20-8-10-22-37(35)45)32-17-5-2-14-28(32)29-15-3-6-18-33(29)44/h2-26H,1H3. The molecule has 8 aromatic rings. The molecule has 7 aromatic carbocycles. The van der Waals surface area contributed by atoms with E-state index in [1.54, 1.807) is 0 Å². The molecule has 0 atom stereocenters. The zero-order valence-electron chi connectivity index (χ0n) is 25.3. The van der Waals surface area contributed by atoms with Crippen molar-refractivity contribution in [1.82, 2.24) is 0 Å². The first-order valence-electron chi connectivity index (χ1n) is 16.2. The molecule has 1 nitrogen and oxygen atoms in total. The fourth-order valence-corrected chi connectivity index (χ4v) is 9.83. The van der Waals surface area contributed by atoms with Gasteiger partial charge in [-0.15, -0.1) is 0 Å². The second-order valence-corrected chi connectivity index (χ2v) is 13.1. The summed E-state index contributed by atoms with van der Waals surface area (Å²) < 4.78 is 6.60. The summed E-state index contributed by atoms with van der Waals surface area (Å²) in [4.78, 5) is 0. The molecule has 1 heteroatoms. The highest BCUT2D eigenvalue weighted by molar-refractivity contribution is 6.12. The van der Waals surface area contributed by atoms with Crippen molar-refractivity contribution in [2.24, 2.45) is 0 Å². The van der Waals surface area contributed by atoms with Crippen LogP contribution in [-0.2, 0) is 10.8 Å². The molecule has 3 aliphatic carbocycles. The first-order valence-corrected chi connectivity index (χ1v) is 16.2. The minimum absolute atomic E-state index is 0.440. The Morgan fingerprint density at radius 2 is 0.913 bits per heavy atom. The Morgan fingerprint density at radius 3 is 1.57 bits per heavy atom. The fraction of sp³-hybridized carbons (Fsp3) is 0.0667. The van der Waals surface area contributed by atoms with E-state index in [-0.39, 0.29) is 0 Å². The summed E-state index contributed by atoms with van der Waals surface area (Å²) in [6.45, 7) is 2.27. The van der Waals surface area contributed by atoms with Gasteiger partial charge < -0.3 is 4.42 Å². The Labute approximate surface area is 267 Å². The van der Waals surface area contributed by atoms with Gasteiger partial charge in [0, 0.05) is 10.8 Å². The number of hydrogen-bond donors (Lipinski definition) is 0. The van der Waals surface area contributed by atoms with Crippen LogP contribution in [0.5, 0.6) is 0 Å². The molecular weight excluding hydrogens is 556 g/mol. The van der Waals surface area contributed by atoms with Gasteiger partial charge in [0.05, 0.1) is 10.8 Å². The molecule has 0 N–H and O–H groups in total. The van der Waals surface area contributed by atoms with Gasteiger partial charge in [-0.1, -0.05) is 140 Å². The van der Waals surface area contributed by atoms with Crippen molar-refractivity contribution in [3.63, 3.8) is 0 Å². The highest BCUT2D eigenvalue weighted by Crippen LogP contribution is 2.68. The van der Waals surface area contributed by atoms with E-state index in [1.165, 1.54) is 83.1 Å². The summed E-state index contributed by atoms with van der Waals surface area (Å²) >= 11 is 0. The highest BCUT2D eigenvalue weighted by Gasteiger charge is 2.59. The highest BCUT2D eigenvalue weighted by atomic mass is 16.3. The van der Waals surface area contributed by atoms with E-state index in [0.29, 0.717) is 0 Å². The number of benzene rings is 7. The minimum atomic E-state index is -0.534. The van der Waals surface area contributed by atoms with Gasteiger partial charge in [-0.05, 0) is 91.4 Å². The van der Waals surface area contributed by atoms with Crippen molar-refractivity contribution in [2.45, 2.75) is 17.8 Å². The lowest BCUT2D eigenvalue weighted by atomic mass is 9.52. The number of fused-ring (bicyclic) bond motifs is 20. The average molecular weight is 585 g/mol. The lowest BCUT2D eigenvalue weighted by Crippen LogP contribution is -2.43. The fourth-order valence-electron chi connectivity index (χ4n) is 9.83. The summed E-state index contributed by atoms with van der Waals surface area (Å²) in [5.41, 5.74) is 18.3. The second kappa shape index (κ2) is 8.33. The molecule has 0 fully saturated rings. The molecule has 3 aliphatic rings. The molecule has 2 spiro atoms. The van der Waals surface area contributed by atoms with E-state index in [1.807, 2.05) is 0 Å². The molecule has 1 aromatic heterocycles. The van der Waals surface area contributed by atoms with Gasteiger partial charge in [0.25, 0.3) is 0 Å². The first kappa shape index (κ1) is 24.6. The molecule has 11 rings (SSSR count). The van der Waals surface area contributed by atoms with E-state index in [4.69, 9.17) is 4.42 Å². The molecule has 214 valence electrons. The van der Waals surface area contributed by atoms with E-state index in [9.17, 15) is 0 Å². The van der Waals surface area contributed by atoms with Gasteiger partial charge >= 0.3 is 0 Å². The van der Waals surface area contributed by atoms with E-state index in [2.05, 4.69) is 159 Å². The minimum Gasteiger partial charge on any atom is -0.456 e. The predicted molar refractivity (Wildman–Crippen MR) is 187 cm³/mol. The Bertz CT molecular complexity index is 2520. The third-order valence-electron chi connectivity index (χ3n) is 11.3. The molecule has 0 saturated heterocycles. The van der Waals surface area contributed by atoms with Crippen LogP contribution in [0, 0.1) is 6.92 Å². The molecular formula is C45H28O. The lowest BCUT2D eigenvalue weighted by molar-refractivity contribution is 0.634. The van der Waals surface area contributed by atoms with Crippen LogP contribution < -0.4 is 0 Å². The zero-order chi connectivity index (χ0) is 30.2. The van der Waals surface area contributed by atoms with E-state index in [0.717, 1.165) is 11.2 Å². The lowest BCUT2D eigenvalue weighted by Gasteiger charge is -2.49. The molecule has 46 heavy (non-hydrogen) atoms. The van der Waals surface area contributed by atoms with Gasteiger partial charge in [-0.3, -0.25) is 0 Å². The SMILES string of the molecule is Cc1cccc2c1-c1ccc3oc4ccccc4c3c1C21c2ccccc2C2(c3ccccc3-c3ccccc32)c2ccccc21. The van der Waals surface area contributed by atoms with Crippen LogP contribution >= 0.6 is 0 Å². The van der Waals surface area contributed by atoms with Crippen LogP contribution in [0.4, 0.5) is 0 Å². The van der Waals surface area contributed by atoms with Crippen molar-refractivity contribution < 1.29 is 4.42 Å². The summed E-state index contributed by atoms with van der Waals surface area (Å²) in [6, 6.07) is 56.7. The summed E-state index contributed by atoms with van der Waals surface area (Å²) in [7, 11) is 0. The monoisotopic (exact) mass is 584 g/mol. The van der Waals surface area contributed by atoms with Crippen molar-refractivity contribution in [2.75, 3.05) is 0 Å². The van der Waals surface area contributed by atoms with E-state index < -0.39 is 10.8 Å². The van der Waals surface area contributed by atoms with Crippen molar-refractivity contribution in [3.8, 4) is 22.3 Å². The van der Waals surface area contributed by atoms with Crippen molar-refractivity contribution in [1.29, 1.82) is 0 Å². The third-order valence-corrected chi connectivity index (χ3v) is 11.3. The zero-order valence-corrected chi connectivity index (χ0v) is 25.3. The van der Waals surface area contributed by atoms with Crippen LogP contribution in [-0.4, -0.2) is 0 Å². The third kappa shape index (κ3) is 2.57. The van der Waals surface area contributed by atoms with Crippen molar-refractivity contribution in [3.05, 3.63) is 202 Å². The van der Waals surface area contributed by atoms with Gasteiger partial charge in [0.2, 0.25) is 0 Å². The Kier molecular flexibility index (Phi) is 4.46. The van der Waals surface area contributed by atoms with Gasteiger partial charge in [0.15, 0.2) is 0 Å². The average Bonchev–Trinajstić information content (AvgIpc) is 3.73. The maximum atomic E-state index is 6.60. The van der Waals surface area contributed by atoms with Crippen molar-refractivity contribution >= 4 is 21.9 Å². The molecule has 0 radical (unpaired) electrons. The Morgan fingerprint density at radius 1 is 0.391 bits per heavy atom. The maximum absolute atomic E-state index is 6.60. The first-order chi connectivity index (χ1) is 22.8. The summed E-state index contributed by atoms with van der Waals surface area (Å²) in [5.74, 6) is 0. The predicted octanol–water partition coefficient (Wildman–Crippen LogP) is 10.9.